The Hall–Kier alpha value is -1.15. The van der Waals surface area contributed by atoms with Gasteiger partial charge in [-0.15, -0.1) is 11.3 Å². The van der Waals surface area contributed by atoms with Crippen molar-refractivity contribution in [1.82, 2.24) is 4.98 Å². The Morgan fingerprint density at radius 1 is 1.40 bits per heavy atom. The van der Waals surface area contributed by atoms with E-state index in [2.05, 4.69) is 43.1 Å². The normalized spacial score (nSPS) is 19.5. The summed E-state index contributed by atoms with van der Waals surface area (Å²) < 4.78 is 0. The fourth-order valence-corrected chi connectivity index (χ4v) is 3.29. The summed E-state index contributed by atoms with van der Waals surface area (Å²) in [6.07, 6.45) is 5.71. The summed E-state index contributed by atoms with van der Waals surface area (Å²) in [4.78, 5) is 7.19. The van der Waals surface area contributed by atoms with Crippen LogP contribution in [0.2, 0.25) is 0 Å². The number of aromatic nitrogens is 1. The molecular formula is C13H13NS. The Balaban J connectivity index is 2.30. The molecule has 0 N–H and O–H groups in total. The molecule has 1 aliphatic rings. The van der Waals surface area contributed by atoms with E-state index in [-0.39, 0.29) is 0 Å². The first-order chi connectivity index (χ1) is 7.24. The number of aryl methyl sites for hydroxylation is 1. The smallest absolute Gasteiger partial charge is 0.124 e. The van der Waals surface area contributed by atoms with Crippen LogP contribution in [0, 0.1) is 12.8 Å². The average molecular weight is 215 g/mol. The topological polar surface area (TPSA) is 12.9 Å². The quantitative estimate of drug-likeness (QED) is 0.651. The van der Waals surface area contributed by atoms with Crippen molar-refractivity contribution in [3.63, 3.8) is 0 Å². The lowest BCUT2D eigenvalue weighted by Gasteiger charge is -2.11. The van der Waals surface area contributed by atoms with Gasteiger partial charge in [0.05, 0.1) is 0 Å². The summed E-state index contributed by atoms with van der Waals surface area (Å²) in [6.45, 7) is 4.32. The molecule has 15 heavy (non-hydrogen) atoms. The van der Waals surface area contributed by atoms with Gasteiger partial charge in [0.25, 0.3) is 0 Å². The highest BCUT2D eigenvalue weighted by Gasteiger charge is 2.16. The molecule has 1 unspecified atom stereocenters. The van der Waals surface area contributed by atoms with E-state index >= 15 is 0 Å². The second-order valence-electron chi connectivity index (χ2n) is 4.29. The van der Waals surface area contributed by atoms with Crippen molar-refractivity contribution in [1.29, 1.82) is 0 Å². The monoisotopic (exact) mass is 215 g/mol. The van der Waals surface area contributed by atoms with Crippen LogP contribution < -0.4 is 0 Å². The van der Waals surface area contributed by atoms with E-state index in [1.165, 1.54) is 20.7 Å². The van der Waals surface area contributed by atoms with Crippen molar-refractivity contribution in [3.8, 4) is 0 Å². The Morgan fingerprint density at radius 2 is 2.27 bits per heavy atom. The van der Waals surface area contributed by atoms with E-state index in [0.29, 0.717) is 5.92 Å². The number of nitrogens with zero attached hydrogens (tertiary/aromatic N) is 1. The minimum absolute atomic E-state index is 0.664. The molecule has 0 fully saturated rings. The molecule has 76 valence electrons. The molecule has 0 spiro atoms. The number of hydrogen-bond donors (Lipinski definition) is 0. The van der Waals surface area contributed by atoms with E-state index in [4.69, 9.17) is 0 Å². The van der Waals surface area contributed by atoms with Crippen LogP contribution in [0.5, 0.6) is 0 Å². The number of pyridine rings is 1. The molecule has 1 nitrogen and oxygen atoms in total. The minimum atomic E-state index is 0.664. The summed E-state index contributed by atoms with van der Waals surface area (Å²) in [7, 11) is 0. The third-order valence-electron chi connectivity index (χ3n) is 2.93. The summed E-state index contributed by atoms with van der Waals surface area (Å²) >= 11 is 1.82. The summed E-state index contributed by atoms with van der Waals surface area (Å²) in [5.41, 5.74) is 2.61. The molecule has 0 amide bonds. The Bertz CT molecular complexity index is 551. The Kier molecular flexibility index (Phi) is 1.93. The second kappa shape index (κ2) is 3.17. The zero-order valence-electron chi connectivity index (χ0n) is 8.95. The van der Waals surface area contributed by atoms with Crippen LogP contribution in [0.3, 0.4) is 0 Å². The van der Waals surface area contributed by atoms with Crippen LogP contribution >= 0.6 is 11.3 Å². The van der Waals surface area contributed by atoms with Crippen LogP contribution in [0.1, 0.15) is 23.1 Å². The van der Waals surface area contributed by atoms with E-state index in [1.54, 1.807) is 0 Å². The van der Waals surface area contributed by atoms with Gasteiger partial charge in [-0.2, -0.15) is 0 Å². The van der Waals surface area contributed by atoms with E-state index in [0.717, 1.165) is 12.1 Å². The molecule has 3 rings (SSSR count). The highest BCUT2D eigenvalue weighted by Crippen LogP contribution is 2.35. The van der Waals surface area contributed by atoms with Crippen molar-refractivity contribution >= 4 is 27.6 Å². The van der Waals surface area contributed by atoms with Crippen LogP contribution in [-0.4, -0.2) is 4.98 Å². The molecule has 0 aromatic carbocycles. The zero-order valence-corrected chi connectivity index (χ0v) is 9.77. The summed E-state index contributed by atoms with van der Waals surface area (Å²) in [5.74, 6) is 0.664. The SMILES string of the molecule is Cc1ccc2c3c(sc2n1)C=CC(C)C3. The molecule has 2 heteroatoms. The van der Waals surface area contributed by atoms with Crippen LogP contribution in [0.15, 0.2) is 18.2 Å². The van der Waals surface area contributed by atoms with Crippen molar-refractivity contribution in [2.45, 2.75) is 20.3 Å². The van der Waals surface area contributed by atoms with E-state index in [1.807, 2.05) is 11.3 Å². The van der Waals surface area contributed by atoms with Gasteiger partial charge in [-0.1, -0.05) is 13.0 Å². The first kappa shape index (κ1) is 9.10. The molecule has 0 aliphatic heterocycles. The highest BCUT2D eigenvalue weighted by atomic mass is 32.1. The fraction of sp³-hybridized carbons (Fsp3) is 0.308. The molecule has 1 aliphatic carbocycles. The van der Waals surface area contributed by atoms with Crippen molar-refractivity contribution in [2.24, 2.45) is 5.92 Å². The van der Waals surface area contributed by atoms with Crippen LogP contribution in [0.25, 0.3) is 16.3 Å². The standard InChI is InChI=1S/C13H13NS/c1-8-3-6-12-11(7-8)10-5-4-9(2)14-13(10)15-12/h3-6,8H,7H2,1-2H3. The number of thiophene rings is 1. The molecule has 0 bridgehead atoms. The minimum Gasteiger partial charge on any atom is -0.242 e. The summed E-state index contributed by atoms with van der Waals surface area (Å²) in [5, 5.41) is 1.36. The largest absolute Gasteiger partial charge is 0.242 e. The van der Waals surface area contributed by atoms with Crippen molar-refractivity contribution < 1.29 is 0 Å². The molecule has 1 atom stereocenters. The van der Waals surface area contributed by atoms with Gasteiger partial charge in [0.1, 0.15) is 4.83 Å². The van der Waals surface area contributed by atoms with Gasteiger partial charge in [-0.25, -0.2) is 4.98 Å². The lowest BCUT2D eigenvalue weighted by atomic mass is 9.94. The molecule has 0 saturated carbocycles. The predicted octanol–water partition coefficient (Wildman–Crippen LogP) is 3.81. The molecule has 0 radical (unpaired) electrons. The maximum Gasteiger partial charge on any atom is 0.124 e. The number of allylic oxidation sites excluding steroid dienone is 1. The third kappa shape index (κ3) is 1.40. The highest BCUT2D eigenvalue weighted by molar-refractivity contribution is 7.19. The van der Waals surface area contributed by atoms with Gasteiger partial charge in [-0.3, -0.25) is 0 Å². The number of rotatable bonds is 0. The maximum atomic E-state index is 4.59. The van der Waals surface area contributed by atoms with Gasteiger partial charge in [0.2, 0.25) is 0 Å². The first-order valence-electron chi connectivity index (χ1n) is 5.31. The molecule has 0 saturated heterocycles. The van der Waals surface area contributed by atoms with Gasteiger partial charge < -0.3 is 0 Å². The summed E-state index contributed by atoms with van der Waals surface area (Å²) in [6, 6.07) is 4.33. The number of hydrogen-bond acceptors (Lipinski definition) is 2. The Labute approximate surface area is 93.5 Å². The first-order valence-corrected chi connectivity index (χ1v) is 6.13. The van der Waals surface area contributed by atoms with Crippen molar-refractivity contribution in [3.05, 3.63) is 34.3 Å². The fourth-order valence-electron chi connectivity index (χ4n) is 2.13. The Morgan fingerprint density at radius 3 is 3.13 bits per heavy atom. The van der Waals surface area contributed by atoms with Gasteiger partial charge in [0.15, 0.2) is 0 Å². The molecule has 2 heterocycles. The van der Waals surface area contributed by atoms with Crippen LogP contribution in [-0.2, 0) is 6.42 Å². The van der Waals surface area contributed by atoms with Crippen LogP contribution in [0.4, 0.5) is 0 Å². The van der Waals surface area contributed by atoms with E-state index in [9.17, 15) is 0 Å². The predicted molar refractivity (Wildman–Crippen MR) is 66.3 cm³/mol. The molecular weight excluding hydrogens is 202 g/mol. The average Bonchev–Trinajstić information content (AvgIpc) is 2.54. The number of fused-ring (bicyclic) bond motifs is 3. The van der Waals surface area contributed by atoms with Gasteiger partial charge in [-0.05, 0) is 43.0 Å². The molecule has 2 aromatic heterocycles. The van der Waals surface area contributed by atoms with E-state index < -0.39 is 0 Å². The lowest BCUT2D eigenvalue weighted by molar-refractivity contribution is 0.724. The third-order valence-corrected chi connectivity index (χ3v) is 4.04. The van der Waals surface area contributed by atoms with Gasteiger partial charge in [0, 0.05) is 16.0 Å². The van der Waals surface area contributed by atoms with Gasteiger partial charge >= 0.3 is 0 Å². The molecule has 2 aromatic rings. The zero-order chi connectivity index (χ0) is 10.4. The lowest BCUT2D eigenvalue weighted by Crippen LogP contribution is -2.00. The maximum absolute atomic E-state index is 4.59. The van der Waals surface area contributed by atoms with Crippen molar-refractivity contribution in [2.75, 3.05) is 0 Å². The second-order valence-corrected chi connectivity index (χ2v) is 5.32.